The molecule has 2 N–H and O–H groups in total. The molecule has 2 aromatic rings. The molecule has 0 unspecified atom stereocenters. The van der Waals surface area contributed by atoms with Gasteiger partial charge in [-0.3, -0.25) is 30.6 Å². The van der Waals surface area contributed by atoms with Gasteiger partial charge in [0.05, 0.1) is 17.6 Å². The third-order valence-electron chi connectivity index (χ3n) is 3.21. The quantitative estimate of drug-likeness (QED) is 0.658. The second kappa shape index (κ2) is 7.23. The van der Waals surface area contributed by atoms with Crippen molar-refractivity contribution in [3.8, 4) is 5.75 Å². The van der Waals surface area contributed by atoms with E-state index in [1.165, 1.54) is 25.3 Å². The van der Waals surface area contributed by atoms with E-state index in [0.29, 0.717) is 5.75 Å². The second-order valence-electron chi connectivity index (χ2n) is 4.92. The minimum absolute atomic E-state index is 0.0562. The molecule has 2 rings (SSSR count). The molecule has 0 fully saturated rings. The van der Waals surface area contributed by atoms with Crippen molar-refractivity contribution in [3.05, 3.63) is 69.3 Å². The van der Waals surface area contributed by atoms with Gasteiger partial charge in [0, 0.05) is 17.7 Å². The Kier molecular flexibility index (Phi) is 5.10. The first kappa shape index (κ1) is 16.9. The van der Waals surface area contributed by atoms with E-state index in [0.717, 1.165) is 11.6 Å². The molecule has 0 saturated carbocycles. The fourth-order valence-corrected chi connectivity index (χ4v) is 2.01. The summed E-state index contributed by atoms with van der Waals surface area (Å²) in [4.78, 5) is 34.3. The highest BCUT2D eigenvalue weighted by Crippen LogP contribution is 2.19. The van der Waals surface area contributed by atoms with Gasteiger partial charge in [-0.15, -0.1) is 0 Å². The summed E-state index contributed by atoms with van der Waals surface area (Å²) in [6, 6.07) is 10.2. The van der Waals surface area contributed by atoms with E-state index < -0.39 is 16.7 Å². The molecule has 0 aromatic heterocycles. The fraction of sp³-hybridized carbons (Fsp3) is 0.125. The number of nitro groups is 1. The Hall–Kier alpha value is -3.42. The molecule has 0 aliphatic heterocycles. The number of methoxy groups -OCH3 is 1. The number of nitrogens with one attached hydrogen (secondary N) is 2. The third-order valence-corrected chi connectivity index (χ3v) is 3.21. The third kappa shape index (κ3) is 3.86. The maximum absolute atomic E-state index is 12.2. The molecule has 24 heavy (non-hydrogen) atoms. The lowest BCUT2D eigenvalue weighted by Gasteiger charge is -2.11. The van der Waals surface area contributed by atoms with Crippen LogP contribution >= 0.6 is 0 Å². The van der Waals surface area contributed by atoms with Crippen molar-refractivity contribution in [2.24, 2.45) is 0 Å². The molecule has 2 aromatic carbocycles. The van der Waals surface area contributed by atoms with Crippen molar-refractivity contribution in [3.63, 3.8) is 0 Å². The lowest BCUT2D eigenvalue weighted by Crippen LogP contribution is -2.41. The Morgan fingerprint density at radius 3 is 2.46 bits per heavy atom. The summed E-state index contributed by atoms with van der Waals surface area (Å²) in [5, 5.41) is 10.7. The average molecular weight is 329 g/mol. The second-order valence-corrected chi connectivity index (χ2v) is 4.92. The van der Waals surface area contributed by atoms with E-state index in [1.807, 2.05) is 6.92 Å². The molecule has 124 valence electrons. The molecule has 0 aliphatic rings. The van der Waals surface area contributed by atoms with E-state index >= 15 is 0 Å². The number of hydrogen-bond donors (Lipinski definition) is 2. The predicted octanol–water partition coefficient (Wildman–Crippen LogP) is 1.99. The summed E-state index contributed by atoms with van der Waals surface area (Å²) >= 11 is 0. The minimum atomic E-state index is -0.668. The minimum Gasteiger partial charge on any atom is -0.496 e. The molecule has 8 nitrogen and oxygen atoms in total. The highest BCUT2D eigenvalue weighted by atomic mass is 16.6. The topological polar surface area (TPSA) is 111 Å². The molecule has 0 saturated heterocycles. The maximum atomic E-state index is 12.2. The highest BCUT2D eigenvalue weighted by molar-refractivity contribution is 6.00. The van der Waals surface area contributed by atoms with Crippen LogP contribution in [0.15, 0.2) is 42.5 Å². The van der Waals surface area contributed by atoms with Crippen LogP contribution in [-0.2, 0) is 0 Å². The first-order valence-corrected chi connectivity index (χ1v) is 6.92. The Bertz CT molecular complexity index is 804. The van der Waals surface area contributed by atoms with E-state index in [9.17, 15) is 19.7 Å². The number of carbonyl (C=O) groups excluding carboxylic acids is 2. The molecule has 0 atom stereocenters. The first-order chi connectivity index (χ1) is 11.4. The van der Waals surface area contributed by atoms with E-state index in [1.54, 1.807) is 18.2 Å². The Balaban J connectivity index is 2.09. The SMILES string of the molecule is COc1ccc(C)cc1C(=O)NNC(=O)c1cccc([N+](=O)[O-])c1. The number of hydrazine groups is 1. The number of non-ortho nitro benzene ring substituents is 1. The number of nitro benzene ring substituents is 1. The van der Waals surface area contributed by atoms with Gasteiger partial charge in [0.25, 0.3) is 17.5 Å². The molecular weight excluding hydrogens is 314 g/mol. The van der Waals surface area contributed by atoms with Gasteiger partial charge in [-0.2, -0.15) is 0 Å². The van der Waals surface area contributed by atoms with Gasteiger partial charge in [-0.1, -0.05) is 17.7 Å². The van der Waals surface area contributed by atoms with Gasteiger partial charge in [0.15, 0.2) is 0 Å². The van der Waals surface area contributed by atoms with Crippen LogP contribution in [0.25, 0.3) is 0 Å². The van der Waals surface area contributed by atoms with Crippen molar-refractivity contribution in [1.29, 1.82) is 0 Å². The zero-order chi connectivity index (χ0) is 17.7. The Labute approximate surface area is 137 Å². The smallest absolute Gasteiger partial charge is 0.273 e. The molecule has 2 amide bonds. The summed E-state index contributed by atoms with van der Waals surface area (Å²) in [7, 11) is 1.43. The monoisotopic (exact) mass is 329 g/mol. The van der Waals surface area contributed by atoms with Crippen LogP contribution in [0.4, 0.5) is 5.69 Å². The van der Waals surface area contributed by atoms with Crippen LogP contribution in [0.2, 0.25) is 0 Å². The summed E-state index contributed by atoms with van der Waals surface area (Å²) in [5.41, 5.74) is 5.43. The van der Waals surface area contributed by atoms with Gasteiger partial charge in [-0.05, 0) is 25.1 Å². The first-order valence-electron chi connectivity index (χ1n) is 6.92. The molecule has 8 heteroatoms. The normalized spacial score (nSPS) is 9.92. The molecule has 0 heterocycles. The van der Waals surface area contributed by atoms with Crippen molar-refractivity contribution in [2.45, 2.75) is 6.92 Å². The summed E-state index contributed by atoms with van der Waals surface area (Å²) in [6.45, 7) is 1.82. The summed E-state index contributed by atoms with van der Waals surface area (Å²) in [5.74, 6) is -0.865. The van der Waals surface area contributed by atoms with Crippen molar-refractivity contribution < 1.29 is 19.2 Å². The van der Waals surface area contributed by atoms with Gasteiger partial charge in [0.1, 0.15) is 5.75 Å². The zero-order valence-corrected chi connectivity index (χ0v) is 13.0. The zero-order valence-electron chi connectivity index (χ0n) is 13.0. The van der Waals surface area contributed by atoms with Crippen LogP contribution in [-0.4, -0.2) is 23.8 Å². The van der Waals surface area contributed by atoms with Crippen LogP contribution in [0.1, 0.15) is 26.3 Å². The average Bonchev–Trinajstić information content (AvgIpc) is 2.59. The molecular formula is C16H15N3O5. The number of nitrogens with zero attached hydrogens (tertiary/aromatic N) is 1. The number of amides is 2. The number of benzene rings is 2. The van der Waals surface area contributed by atoms with E-state index in [2.05, 4.69) is 10.9 Å². The number of rotatable bonds is 4. The maximum Gasteiger partial charge on any atom is 0.273 e. The lowest BCUT2D eigenvalue weighted by atomic mass is 10.1. The van der Waals surface area contributed by atoms with Crippen molar-refractivity contribution >= 4 is 17.5 Å². The molecule has 0 spiro atoms. The van der Waals surface area contributed by atoms with Gasteiger partial charge >= 0.3 is 0 Å². The van der Waals surface area contributed by atoms with Gasteiger partial charge in [-0.25, -0.2) is 0 Å². The van der Waals surface area contributed by atoms with E-state index in [-0.39, 0.29) is 16.8 Å². The van der Waals surface area contributed by atoms with Crippen LogP contribution in [0.3, 0.4) is 0 Å². The summed E-state index contributed by atoms with van der Waals surface area (Å²) in [6.07, 6.45) is 0. The largest absolute Gasteiger partial charge is 0.496 e. The number of aryl methyl sites for hydroxylation is 1. The molecule has 0 bridgehead atoms. The predicted molar refractivity (Wildman–Crippen MR) is 85.8 cm³/mol. The standard InChI is InChI=1S/C16H15N3O5/c1-10-6-7-14(24-2)13(8-10)16(21)18-17-15(20)11-4-3-5-12(9-11)19(22)23/h3-9H,1-2H3,(H,17,20)(H,18,21). The molecule has 0 aliphatic carbocycles. The van der Waals surface area contributed by atoms with Crippen molar-refractivity contribution in [2.75, 3.05) is 7.11 Å². The number of hydrogen-bond acceptors (Lipinski definition) is 5. The number of ether oxygens (including phenoxy) is 1. The summed E-state index contributed by atoms with van der Waals surface area (Å²) < 4.78 is 5.11. The highest BCUT2D eigenvalue weighted by Gasteiger charge is 2.15. The van der Waals surface area contributed by atoms with Crippen LogP contribution < -0.4 is 15.6 Å². The van der Waals surface area contributed by atoms with Crippen molar-refractivity contribution in [1.82, 2.24) is 10.9 Å². The molecule has 0 radical (unpaired) electrons. The fourth-order valence-electron chi connectivity index (χ4n) is 2.01. The lowest BCUT2D eigenvalue weighted by molar-refractivity contribution is -0.384. The van der Waals surface area contributed by atoms with E-state index in [4.69, 9.17) is 4.74 Å². The Morgan fingerprint density at radius 2 is 1.79 bits per heavy atom. The van der Waals surface area contributed by atoms with Gasteiger partial charge in [0.2, 0.25) is 0 Å². The Morgan fingerprint density at radius 1 is 1.08 bits per heavy atom. The number of carbonyl (C=O) groups is 2. The van der Waals surface area contributed by atoms with Crippen LogP contribution in [0, 0.1) is 17.0 Å². The van der Waals surface area contributed by atoms with Crippen LogP contribution in [0.5, 0.6) is 5.75 Å². The van der Waals surface area contributed by atoms with Gasteiger partial charge < -0.3 is 4.74 Å².